The summed E-state index contributed by atoms with van der Waals surface area (Å²) in [4.78, 5) is 0. The average Bonchev–Trinajstić information content (AvgIpc) is 2.78. The summed E-state index contributed by atoms with van der Waals surface area (Å²) in [6.45, 7) is 2.13. The summed E-state index contributed by atoms with van der Waals surface area (Å²) in [6, 6.07) is 17.8. The summed E-state index contributed by atoms with van der Waals surface area (Å²) < 4.78 is 0. The van der Waals surface area contributed by atoms with Crippen molar-refractivity contribution in [3.63, 3.8) is 0 Å². The first-order valence-corrected chi connectivity index (χ1v) is 10.4. The molecule has 0 nitrogen and oxygen atoms in total. The lowest BCUT2D eigenvalue weighted by Crippen LogP contribution is -2.29. The predicted octanol–water partition coefficient (Wildman–Crippen LogP) is 7.15. The van der Waals surface area contributed by atoms with Gasteiger partial charge >= 0.3 is 0 Å². The van der Waals surface area contributed by atoms with Gasteiger partial charge in [0.05, 0.1) is 0 Å². The van der Waals surface area contributed by atoms with Gasteiger partial charge in [-0.1, -0.05) is 109 Å². The first-order chi connectivity index (χ1) is 14.3. The van der Waals surface area contributed by atoms with Crippen LogP contribution in [0, 0.1) is 18.8 Å². The van der Waals surface area contributed by atoms with Gasteiger partial charge in [-0.15, -0.1) is 0 Å². The molecule has 0 radical (unpaired) electrons. The lowest BCUT2D eigenvalue weighted by atomic mass is 9.63. The highest BCUT2D eigenvalue weighted by Gasteiger charge is 2.38. The van der Waals surface area contributed by atoms with E-state index in [0.29, 0.717) is 11.8 Å². The van der Waals surface area contributed by atoms with Gasteiger partial charge in [-0.3, -0.25) is 0 Å². The zero-order valence-corrected chi connectivity index (χ0v) is 16.5. The Morgan fingerprint density at radius 2 is 1.10 bits per heavy atom. The second-order valence-corrected chi connectivity index (χ2v) is 8.29. The SMILES string of the molecule is Cc1ccc(-c2ccc(C3=C4C=CC5=CC=CC6=CC=C(C=C3)C4C56)cc2)cc1. The summed E-state index contributed by atoms with van der Waals surface area (Å²) >= 11 is 0. The molecule has 0 amide bonds. The van der Waals surface area contributed by atoms with Gasteiger partial charge in [-0.2, -0.15) is 0 Å². The Morgan fingerprint density at radius 1 is 0.517 bits per heavy atom. The molecule has 0 fully saturated rings. The van der Waals surface area contributed by atoms with Gasteiger partial charge in [0.1, 0.15) is 0 Å². The van der Waals surface area contributed by atoms with Crippen molar-refractivity contribution in [1.82, 2.24) is 0 Å². The Labute approximate surface area is 172 Å². The van der Waals surface area contributed by atoms with Crippen LogP contribution in [-0.2, 0) is 0 Å². The Hall–Kier alpha value is -3.38. The molecule has 2 aromatic rings. The lowest BCUT2D eigenvalue weighted by Gasteiger charge is -2.40. The molecule has 29 heavy (non-hydrogen) atoms. The van der Waals surface area contributed by atoms with Crippen molar-refractivity contribution in [2.24, 2.45) is 11.8 Å². The van der Waals surface area contributed by atoms with Crippen LogP contribution < -0.4 is 0 Å². The molecule has 0 saturated carbocycles. The average molecular weight is 370 g/mol. The smallest absolute Gasteiger partial charge is 0.0205 e. The quantitative estimate of drug-likeness (QED) is 0.526. The highest BCUT2D eigenvalue weighted by molar-refractivity contribution is 5.84. The molecule has 2 aromatic carbocycles. The van der Waals surface area contributed by atoms with E-state index in [1.54, 1.807) is 0 Å². The van der Waals surface area contributed by atoms with Gasteiger partial charge in [-0.25, -0.2) is 0 Å². The van der Waals surface area contributed by atoms with E-state index < -0.39 is 0 Å². The standard InChI is InChI=1S/C29H22/c1-19-5-7-20(8-6-19)21-9-11-22(12-10-21)26-17-15-25-14-13-23-3-2-4-24-16-18-27(26)29(25)28(23)24/h2-18,28-29H,1H3. The summed E-state index contributed by atoms with van der Waals surface area (Å²) in [5, 5.41) is 0. The summed E-state index contributed by atoms with van der Waals surface area (Å²) in [7, 11) is 0. The first kappa shape index (κ1) is 16.6. The minimum atomic E-state index is 0.438. The van der Waals surface area contributed by atoms with Gasteiger partial charge in [0.15, 0.2) is 0 Å². The Bertz CT molecular complexity index is 1220. The van der Waals surface area contributed by atoms with Gasteiger partial charge in [0, 0.05) is 11.8 Å². The van der Waals surface area contributed by atoms with E-state index in [-0.39, 0.29) is 0 Å². The molecule has 0 saturated heterocycles. The Balaban J connectivity index is 1.43. The zero-order valence-electron chi connectivity index (χ0n) is 16.5. The van der Waals surface area contributed by atoms with Gasteiger partial charge in [0.2, 0.25) is 0 Å². The summed E-state index contributed by atoms with van der Waals surface area (Å²) in [5.41, 5.74) is 12.2. The van der Waals surface area contributed by atoms with E-state index in [1.807, 2.05) is 0 Å². The Kier molecular flexibility index (Phi) is 3.61. The van der Waals surface area contributed by atoms with Crippen LogP contribution in [0.1, 0.15) is 11.1 Å². The van der Waals surface area contributed by atoms with Gasteiger partial charge in [-0.05, 0) is 51.5 Å². The second-order valence-electron chi connectivity index (χ2n) is 8.29. The highest BCUT2D eigenvalue weighted by atomic mass is 14.4. The molecule has 0 spiro atoms. The van der Waals surface area contributed by atoms with E-state index in [9.17, 15) is 0 Å². The number of hydrogen-bond donors (Lipinski definition) is 0. The molecule has 0 N–H and O–H groups in total. The molecule has 138 valence electrons. The molecule has 0 heteroatoms. The first-order valence-electron chi connectivity index (χ1n) is 10.4. The molecule has 4 aliphatic carbocycles. The number of rotatable bonds is 2. The molecule has 2 unspecified atom stereocenters. The molecule has 6 rings (SSSR count). The minimum absolute atomic E-state index is 0.438. The normalized spacial score (nSPS) is 23.4. The van der Waals surface area contributed by atoms with Crippen molar-refractivity contribution < 1.29 is 0 Å². The van der Waals surface area contributed by atoms with Gasteiger partial charge in [0.25, 0.3) is 0 Å². The third kappa shape index (κ3) is 2.60. The number of allylic oxidation sites excluding steroid dienone is 14. The van der Waals surface area contributed by atoms with Gasteiger partial charge < -0.3 is 0 Å². The van der Waals surface area contributed by atoms with Crippen molar-refractivity contribution in [3.8, 4) is 11.1 Å². The van der Waals surface area contributed by atoms with Crippen LogP contribution in [0.2, 0.25) is 0 Å². The van der Waals surface area contributed by atoms with E-state index in [1.165, 1.54) is 50.1 Å². The number of hydrogen-bond acceptors (Lipinski definition) is 0. The highest BCUT2D eigenvalue weighted by Crippen LogP contribution is 2.50. The van der Waals surface area contributed by atoms with E-state index in [0.717, 1.165) is 0 Å². The Morgan fingerprint density at radius 3 is 1.86 bits per heavy atom. The molecule has 2 atom stereocenters. The fourth-order valence-corrected chi connectivity index (χ4v) is 5.05. The molecule has 0 heterocycles. The van der Waals surface area contributed by atoms with Crippen LogP contribution in [0.5, 0.6) is 0 Å². The fourth-order valence-electron chi connectivity index (χ4n) is 5.05. The topological polar surface area (TPSA) is 0 Å². The predicted molar refractivity (Wildman–Crippen MR) is 122 cm³/mol. The second kappa shape index (κ2) is 6.32. The molecule has 0 aromatic heterocycles. The lowest BCUT2D eigenvalue weighted by molar-refractivity contribution is 0.566. The third-order valence-electron chi connectivity index (χ3n) is 6.58. The number of benzene rings is 2. The fraction of sp³-hybridized carbons (Fsp3) is 0.103. The maximum absolute atomic E-state index is 2.34. The summed E-state index contributed by atoms with van der Waals surface area (Å²) in [5.74, 6) is 0.903. The molecular weight excluding hydrogens is 348 g/mol. The van der Waals surface area contributed by atoms with Crippen molar-refractivity contribution in [2.45, 2.75) is 6.92 Å². The largest absolute Gasteiger partial charge is 0.0617 e. The van der Waals surface area contributed by atoms with Crippen LogP contribution in [0.15, 0.2) is 126 Å². The van der Waals surface area contributed by atoms with E-state index >= 15 is 0 Å². The molecule has 0 aliphatic heterocycles. The van der Waals surface area contributed by atoms with Crippen molar-refractivity contribution in [2.75, 3.05) is 0 Å². The maximum atomic E-state index is 2.34. The third-order valence-corrected chi connectivity index (χ3v) is 6.58. The monoisotopic (exact) mass is 370 g/mol. The van der Waals surface area contributed by atoms with Crippen molar-refractivity contribution in [1.29, 1.82) is 0 Å². The van der Waals surface area contributed by atoms with Crippen LogP contribution in [0.3, 0.4) is 0 Å². The van der Waals surface area contributed by atoms with E-state index in [2.05, 4.69) is 110 Å². The zero-order chi connectivity index (χ0) is 19.4. The maximum Gasteiger partial charge on any atom is 0.0205 e. The van der Waals surface area contributed by atoms with Crippen LogP contribution >= 0.6 is 0 Å². The molecule has 0 bridgehead atoms. The van der Waals surface area contributed by atoms with Crippen LogP contribution in [-0.4, -0.2) is 0 Å². The van der Waals surface area contributed by atoms with Crippen LogP contribution in [0.25, 0.3) is 16.7 Å². The van der Waals surface area contributed by atoms with Crippen LogP contribution in [0.4, 0.5) is 0 Å². The minimum Gasteiger partial charge on any atom is -0.0617 e. The van der Waals surface area contributed by atoms with Crippen molar-refractivity contribution >= 4 is 5.57 Å². The molecule has 4 aliphatic rings. The van der Waals surface area contributed by atoms with Crippen molar-refractivity contribution in [3.05, 3.63) is 137 Å². The van der Waals surface area contributed by atoms with E-state index in [4.69, 9.17) is 0 Å². The summed E-state index contributed by atoms with van der Waals surface area (Å²) in [6.07, 6.45) is 20.6. The molecular formula is C29H22. The number of aryl methyl sites for hydroxylation is 1.